The second-order valence-corrected chi connectivity index (χ2v) is 29.0. The van der Waals surface area contributed by atoms with Crippen LogP contribution in [0.25, 0.3) is 0 Å². The highest BCUT2D eigenvalue weighted by molar-refractivity contribution is 5.87. The van der Waals surface area contributed by atoms with E-state index in [0.29, 0.717) is 38.5 Å². The minimum atomic E-state index is -2.30. The van der Waals surface area contributed by atoms with Crippen LogP contribution in [0.15, 0.2) is 11.6 Å². The summed E-state index contributed by atoms with van der Waals surface area (Å²) in [6.45, 7) is 13.7. The number of unbranched alkanes of at least 4 members (excludes halogenated alkanes) is 2. The molecule has 0 aromatic heterocycles. The smallest absolute Gasteiger partial charge is 0.333 e. The van der Waals surface area contributed by atoms with Gasteiger partial charge in [0.1, 0.15) is 104 Å². The van der Waals surface area contributed by atoms with Crippen LogP contribution < -0.4 is 0 Å². The molecule has 7 aliphatic heterocycles. The lowest BCUT2D eigenvalue weighted by atomic mass is 9.94. The monoisotopic (exact) mass is 1530 g/mol. The lowest BCUT2D eigenvalue weighted by Crippen LogP contribution is -2.69. The van der Waals surface area contributed by atoms with E-state index in [2.05, 4.69) is 0 Å². The van der Waals surface area contributed by atoms with Crippen molar-refractivity contribution in [3.05, 3.63) is 11.6 Å². The molecular weight excluding hydrogens is 1410 g/mol. The van der Waals surface area contributed by atoms with E-state index in [4.69, 9.17) is 80.5 Å². The number of hydrogen-bond donors (Lipinski definition) is 12. The molecule has 7 heterocycles. The molecule has 4 bridgehead atoms. The van der Waals surface area contributed by atoms with Crippen LogP contribution in [0.3, 0.4) is 0 Å². The van der Waals surface area contributed by atoms with Gasteiger partial charge in [0.2, 0.25) is 0 Å². The number of rotatable bonds is 22. The predicted octanol–water partition coefficient (Wildman–Crippen LogP) is 0.311. The Hall–Kier alpha value is -3.87. The number of carbonyl (C=O) groups excluding carboxylic acids is 5. The molecule has 106 heavy (non-hydrogen) atoms. The second kappa shape index (κ2) is 42.7. The van der Waals surface area contributed by atoms with Crippen molar-refractivity contribution in [2.75, 3.05) is 26.4 Å². The first-order valence-electron chi connectivity index (χ1n) is 37.9. The topological polar surface area (TPSA) is 485 Å². The van der Waals surface area contributed by atoms with Gasteiger partial charge in [-0.1, -0.05) is 112 Å². The summed E-state index contributed by atoms with van der Waals surface area (Å²) in [6, 6.07) is 0. The molecule has 0 saturated carbocycles. The summed E-state index contributed by atoms with van der Waals surface area (Å²) in [5.74, 6) is -7.25. The van der Waals surface area contributed by atoms with Crippen molar-refractivity contribution >= 4 is 29.8 Å². The van der Waals surface area contributed by atoms with Gasteiger partial charge in [0.25, 0.3) is 0 Å². The molecule has 0 aromatic rings. The van der Waals surface area contributed by atoms with Gasteiger partial charge in [-0.25, -0.2) is 4.79 Å². The summed E-state index contributed by atoms with van der Waals surface area (Å²) in [7, 11) is 0. The molecular formula is C72H120O34. The van der Waals surface area contributed by atoms with Gasteiger partial charge < -0.3 is 142 Å². The molecule has 0 radical (unpaired) electrons. The second-order valence-electron chi connectivity index (χ2n) is 29.0. The highest BCUT2D eigenvalue weighted by Crippen LogP contribution is 2.41. The van der Waals surface area contributed by atoms with Crippen molar-refractivity contribution in [1.82, 2.24) is 0 Å². The summed E-state index contributed by atoms with van der Waals surface area (Å²) in [6.07, 6.45) is -47.7. The van der Waals surface area contributed by atoms with Gasteiger partial charge in [-0.05, 0) is 66.2 Å². The van der Waals surface area contributed by atoms with Crippen LogP contribution in [0.2, 0.25) is 0 Å². The Kier molecular flexibility index (Phi) is 36.0. The first kappa shape index (κ1) is 89.3. The Labute approximate surface area is 618 Å². The molecule has 0 aliphatic carbocycles. The van der Waals surface area contributed by atoms with Crippen molar-refractivity contribution < 1.29 is 166 Å². The number of ether oxygens (including phenoxy) is 17. The van der Waals surface area contributed by atoms with Crippen LogP contribution in [0, 0.1) is 17.8 Å². The van der Waals surface area contributed by atoms with Crippen LogP contribution in [-0.2, 0) is 104 Å². The van der Waals surface area contributed by atoms with Gasteiger partial charge in [0, 0.05) is 12.0 Å². The summed E-state index contributed by atoms with van der Waals surface area (Å²) in [5.41, 5.74) is 0.0602. The van der Waals surface area contributed by atoms with Gasteiger partial charge in [0.05, 0.1) is 62.5 Å². The molecule has 7 fully saturated rings. The molecule has 0 aromatic carbocycles. The zero-order valence-corrected chi connectivity index (χ0v) is 62.7. The first-order chi connectivity index (χ1) is 50.5. The standard InChI is InChI=1S/C72H120O34/c1-12-17-23-26-39-27-24-21-19-18-20-22-25-28-44(76)98-58-51(83)47(79)41(30-74)95-69(58)90-32-43-55(100-64(87)34(7)14-3)57(101-65(88)35(8)15-4)53(85)68(97-43)103-56-48(80)42(31-75)96-72(104-59-50(82)45(77)37(10)91-70(59)93-39)61(56)106-71-62(102-66(89)36(9)16-5)60(54(38(11)92-71)99-63(86)33(6)13-2)105-67-52(84)49(81)46(78)40(29-73)94-67/h13,34-43,45-62,67-75,77-85H,12,14-32H2,1-11H3/b33-13+/t34-,35-,36-,37+,38-,39-,40+,41+,42+,43+,45+,46+,47+,48+,49-,50-,51-,52+,53+,54-,55+,56-,57+,58+,59+,60+,61+,62+,67-,68-,69+,70-,71-,72-/m0/s1. The molecule has 612 valence electrons. The van der Waals surface area contributed by atoms with Crippen LogP contribution in [-0.4, -0.2) is 308 Å². The molecule has 34 atom stereocenters. The van der Waals surface area contributed by atoms with Crippen molar-refractivity contribution in [1.29, 1.82) is 0 Å². The van der Waals surface area contributed by atoms with Crippen LogP contribution in [0.1, 0.15) is 179 Å². The largest absolute Gasteiger partial charge is 0.455 e. The molecule has 7 rings (SSSR count). The van der Waals surface area contributed by atoms with Crippen LogP contribution >= 0.6 is 0 Å². The van der Waals surface area contributed by atoms with Gasteiger partial charge in [-0.15, -0.1) is 0 Å². The van der Waals surface area contributed by atoms with Gasteiger partial charge in [-0.2, -0.15) is 0 Å². The van der Waals surface area contributed by atoms with E-state index < -0.39 is 264 Å². The van der Waals surface area contributed by atoms with Gasteiger partial charge in [0.15, 0.2) is 68.3 Å². The molecule has 0 unspecified atom stereocenters. The maximum Gasteiger partial charge on any atom is 0.333 e. The Morgan fingerprint density at radius 3 is 1.61 bits per heavy atom. The molecule has 0 spiro atoms. The van der Waals surface area contributed by atoms with Crippen molar-refractivity contribution in [3.63, 3.8) is 0 Å². The third-order valence-electron chi connectivity index (χ3n) is 21.1. The van der Waals surface area contributed by atoms with E-state index in [0.717, 1.165) is 38.5 Å². The Morgan fingerprint density at radius 2 is 1.01 bits per heavy atom. The highest BCUT2D eigenvalue weighted by Gasteiger charge is 2.61. The molecule has 7 saturated heterocycles. The number of allylic oxidation sites excluding steroid dienone is 1. The van der Waals surface area contributed by atoms with E-state index in [-0.39, 0.29) is 31.3 Å². The van der Waals surface area contributed by atoms with Gasteiger partial charge in [-0.3, -0.25) is 19.2 Å². The molecule has 12 N–H and O–H groups in total. The lowest BCUT2D eigenvalue weighted by molar-refractivity contribution is -0.414. The number of hydrogen-bond acceptors (Lipinski definition) is 34. The Bertz CT molecular complexity index is 2710. The molecule has 7 aliphatic rings. The quantitative estimate of drug-likeness (QED) is 0.0300. The maximum absolute atomic E-state index is 14.5. The number of carbonyl (C=O) groups is 5. The number of aliphatic hydroxyl groups excluding tert-OH is 12. The summed E-state index contributed by atoms with van der Waals surface area (Å²) < 4.78 is 108. The summed E-state index contributed by atoms with van der Waals surface area (Å²) in [5, 5.41) is 138. The van der Waals surface area contributed by atoms with Crippen molar-refractivity contribution in [3.8, 4) is 0 Å². The predicted molar refractivity (Wildman–Crippen MR) is 362 cm³/mol. The first-order valence-corrected chi connectivity index (χ1v) is 37.9. The number of fused-ring (bicyclic) bond motifs is 6. The van der Waals surface area contributed by atoms with E-state index in [1.165, 1.54) is 47.6 Å². The lowest BCUT2D eigenvalue weighted by Gasteiger charge is -2.52. The average molecular weight is 1530 g/mol. The number of esters is 5. The van der Waals surface area contributed by atoms with E-state index >= 15 is 0 Å². The van der Waals surface area contributed by atoms with E-state index in [1.54, 1.807) is 27.7 Å². The molecule has 34 nitrogen and oxygen atoms in total. The molecule has 0 amide bonds. The third kappa shape index (κ3) is 22.7. The van der Waals surface area contributed by atoms with Crippen molar-refractivity contribution in [2.45, 2.75) is 369 Å². The summed E-state index contributed by atoms with van der Waals surface area (Å²) >= 11 is 0. The third-order valence-corrected chi connectivity index (χ3v) is 21.1. The minimum Gasteiger partial charge on any atom is -0.455 e. The van der Waals surface area contributed by atoms with Crippen LogP contribution in [0.4, 0.5) is 0 Å². The maximum atomic E-state index is 14.5. The highest BCUT2D eigenvalue weighted by atomic mass is 16.8. The Morgan fingerprint density at radius 1 is 0.472 bits per heavy atom. The van der Waals surface area contributed by atoms with Crippen molar-refractivity contribution in [2.24, 2.45) is 17.8 Å². The normalized spacial score (nSPS) is 41.7. The zero-order chi connectivity index (χ0) is 78.0. The van der Waals surface area contributed by atoms with E-state index in [9.17, 15) is 85.3 Å². The van der Waals surface area contributed by atoms with Gasteiger partial charge >= 0.3 is 29.8 Å². The minimum absolute atomic E-state index is 0.0602. The average Bonchev–Trinajstić information content (AvgIpc) is 0.759. The fraction of sp³-hybridized carbons (Fsp3) is 0.903. The summed E-state index contributed by atoms with van der Waals surface area (Å²) in [4.78, 5) is 70.5. The molecule has 34 heteroatoms. The fourth-order valence-corrected chi connectivity index (χ4v) is 13.4. The zero-order valence-electron chi connectivity index (χ0n) is 62.7. The van der Waals surface area contributed by atoms with E-state index in [1.807, 2.05) is 6.92 Å². The number of aliphatic hydroxyl groups is 12. The fourth-order valence-electron chi connectivity index (χ4n) is 13.4. The SMILES string of the molecule is C/C=C(\C)C(=O)O[C@@H]1[C@@H](O[C@@H]2O[C@H](CO)[C@@H](O)[C@H](O)[C@H]2O)[C@@H](OC(=O)[C@@H](C)CC)[C@H](O[C@H]2[C@@H]3O[C@H]4[C@H](O[C@@H](CCCCC)CCCCCCCCCC(=O)O[C@H]5[C@H](OC[C@H]6O[C@@H](O[C@H]2[C@H](O)[C@@H](CO)O3)[C@H](O)[C@@H](OC(=O)[C@@H](C)CC)[C@@H]6OC(=O)[C@@H](C)CC)O[C@H](CO)[C@@H](O)[C@@H]5O)O[C@H](C)[C@@H](O)[C@@H]4O)O[C@H]1C. The van der Waals surface area contributed by atoms with Crippen LogP contribution in [0.5, 0.6) is 0 Å². The Balaban J connectivity index is 1.46.